The van der Waals surface area contributed by atoms with E-state index in [9.17, 15) is 10.1 Å². The van der Waals surface area contributed by atoms with E-state index in [1.165, 1.54) is 12.3 Å². The molecule has 6 nitrogen and oxygen atoms in total. The Balaban J connectivity index is 2.10. The lowest BCUT2D eigenvalue weighted by molar-refractivity contribution is -0.384. The van der Waals surface area contributed by atoms with Crippen LogP contribution in [0.4, 0.5) is 11.5 Å². The molecule has 1 aliphatic heterocycles. The second kappa shape index (κ2) is 5.71. The van der Waals surface area contributed by atoms with Gasteiger partial charge in [0.15, 0.2) is 0 Å². The molecule has 2 rings (SSSR count). The van der Waals surface area contributed by atoms with E-state index in [0.29, 0.717) is 11.9 Å². The number of hydrogen-bond acceptors (Lipinski definition) is 5. The van der Waals surface area contributed by atoms with Crippen LogP contribution in [0.2, 0.25) is 5.02 Å². The molecule has 0 unspecified atom stereocenters. The first-order valence-electron chi connectivity index (χ1n) is 6.28. The minimum Gasteiger partial charge on any atom is -0.360 e. The van der Waals surface area contributed by atoms with Crippen molar-refractivity contribution in [3.63, 3.8) is 0 Å². The highest BCUT2D eigenvalue weighted by molar-refractivity contribution is 6.30. The number of nitrogens with one attached hydrogen (secondary N) is 1. The number of hydrogen-bond donors (Lipinski definition) is 1. The van der Waals surface area contributed by atoms with E-state index in [1.54, 1.807) is 0 Å². The lowest BCUT2D eigenvalue weighted by Gasteiger charge is -2.20. The normalized spacial score (nSPS) is 19.9. The highest BCUT2D eigenvalue weighted by atomic mass is 35.5. The van der Waals surface area contributed by atoms with Gasteiger partial charge in [0.1, 0.15) is 0 Å². The fraction of sp³-hybridized carbons (Fsp3) is 0.583. The van der Waals surface area contributed by atoms with Crippen LogP contribution < -0.4 is 5.32 Å². The predicted molar refractivity (Wildman–Crippen MR) is 74.6 cm³/mol. The number of nitrogens with zero attached hydrogens (tertiary/aromatic N) is 3. The summed E-state index contributed by atoms with van der Waals surface area (Å²) in [6.07, 6.45) is 2.38. The molecule has 0 aromatic carbocycles. The summed E-state index contributed by atoms with van der Waals surface area (Å²) < 4.78 is 0. The molecule has 104 valence electrons. The number of aromatic nitrogens is 1. The molecular formula is C12H17ClN4O2. The number of nitro groups is 1. The van der Waals surface area contributed by atoms with E-state index in [1.807, 2.05) is 0 Å². The Morgan fingerprint density at radius 3 is 2.95 bits per heavy atom. The fourth-order valence-corrected chi connectivity index (χ4v) is 2.40. The van der Waals surface area contributed by atoms with Crippen LogP contribution in [0.15, 0.2) is 12.3 Å². The van der Waals surface area contributed by atoms with Crippen molar-refractivity contribution >= 4 is 23.1 Å². The van der Waals surface area contributed by atoms with Crippen LogP contribution in [-0.2, 0) is 0 Å². The average molecular weight is 285 g/mol. The third-order valence-corrected chi connectivity index (χ3v) is 3.53. The summed E-state index contributed by atoms with van der Waals surface area (Å²) >= 11 is 5.74. The van der Waals surface area contributed by atoms with Gasteiger partial charge in [0, 0.05) is 37.4 Å². The van der Waals surface area contributed by atoms with Gasteiger partial charge in [-0.25, -0.2) is 4.98 Å². The van der Waals surface area contributed by atoms with Crippen LogP contribution in [0.5, 0.6) is 0 Å². The summed E-state index contributed by atoms with van der Waals surface area (Å²) in [5.74, 6) is 0.296. The van der Waals surface area contributed by atoms with Gasteiger partial charge in [-0.3, -0.25) is 15.0 Å². The van der Waals surface area contributed by atoms with Crippen LogP contribution in [-0.4, -0.2) is 40.0 Å². The Hall–Kier alpha value is -1.40. The molecule has 0 aliphatic carbocycles. The Labute approximate surface area is 116 Å². The summed E-state index contributed by atoms with van der Waals surface area (Å²) in [4.78, 5) is 16.9. The first-order chi connectivity index (χ1) is 8.97. The molecule has 1 aromatic rings. The van der Waals surface area contributed by atoms with Crippen molar-refractivity contribution in [2.45, 2.75) is 32.4 Å². The average Bonchev–Trinajstić information content (AvgIpc) is 2.80. The maximum absolute atomic E-state index is 11.0. The Morgan fingerprint density at radius 2 is 2.37 bits per heavy atom. The quantitative estimate of drug-likeness (QED) is 0.679. The zero-order chi connectivity index (χ0) is 14.0. The molecule has 1 atom stereocenters. The number of rotatable bonds is 4. The van der Waals surface area contributed by atoms with Crippen molar-refractivity contribution in [2.75, 3.05) is 18.4 Å². The Kier molecular flexibility index (Phi) is 4.21. The summed E-state index contributed by atoms with van der Waals surface area (Å²) in [6.45, 7) is 6.16. The molecule has 1 saturated heterocycles. The molecule has 0 radical (unpaired) electrons. The van der Waals surface area contributed by atoms with Gasteiger partial charge in [-0.05, 0) is 20.3 Å². The Bertz CT molecular complexity index is 481. The van der Waals surface area contributed by atoms with Gasteiger partial charge in [0.25, 0.3) is 0 Å². The molecule has 1 aliphatic rings. The highest BCUT2D eigenvalue weighted by Gasteiger charge is 2.26. The van der Waals surface area contributed by atoms with Crippen molar-refractivity contribution in [1.29, 1.82) is 0 Å². The minimum absolute atomic E-state index is 0.0736. The summed E-state index contributed by atoms with van der Waals surface area (Å²) in [5, 5.41) is 14.4. The lowest BCUT2D eigenvalue weighted by Crippen LogP contribution is -2.31. The van der Waals surface area contributed by atoms with Crippen molar-refractivity contribution in [1.82, 2.24) is 9.88 Å². The van der Waals surface area contributed by atoms with E-state index >= 15 is 0 Å². The van der Waals surface area contributed by atoms with Gasteiger partial charge in [-0.1, -0.05) is 11.6 Å². The van der Waals surface area contributed by atoms with E-state index < -0.39 is 4.92 Å². The maximum atomic E-state index is 11.0. The molecule has 7 heteroatoms. The topological polar surface area (TPSA) is 71.3 Å². The van der Waals surface area contributed by atoms with Crippen LogP contribution in [0.1, 0.15) is 20.3 Å². The third-order valence-electron chi connectivity index (χ3n) is 3.32. The van der Waals surface area contributed by atoms with Crippen molar-refractivity contribution in [3.8, 4) is 0 Å². The molecule has 1 aromatic heterocycles. The van der Waals surface area contributed by atoms with Crippen molar-refractivity contribution < 1.29 is 4.92 Å². The number of likely N-dealkylation sites (tertiary alicyclic amines) is 1. The molecule has 1 N–H and O–H groups in total. The number of halogens is 1. The summed E-state index contributed by atoms with van der Waals surface area (Å²) in [6, 6.07) is 2.00. The van der Waals surface area contributed by atoms with Gasteiger partial charge in [0.05, 0.1) is 9.95 Å². The predicted octanol–water partition coefficient (Wildman–Crippen LogP) is 2.54. The van der Waals surface area contributed by atoms with E-state index in [-0.39, 0.29) is 16.8 Å². The number of pyridine rings is 1. The van der Waals surface area contributed by atoms with E-state index in [2.05, 4.69) is 29.0 Å². The van der Waals surface area contributed by atoms with Crippen molar-refractivity contribution in [2.24, 2.45) is 0 Å². The van der Waals surface area contributed by atoms with Crippen molar-refractivity contribution in [3.05, 3.63) is 27.4 Å². The van der Waals surface area contributed by atoms with Gasteiger partial charge in [0.2, 0.25) is 5.82 Å². The molecule has 1 fully saturated rings. The second-order valence-corrected chi connectivity index (χ2v) is 5.43. The van der Waals surface area contributed by atoms with Gasteiger partial charge >= 0.3 is 5.69 Å². The monoisotopic (exact) mass is 284 g/mol. The van der Waals surface area contributed by atoms with Crippen LogP contribution >= 0.6 is 11.6 Å². The van der Waals surface area contributed by atoms with E-state index in [0.717, 1.165) is 19.5 Å². The minimum atomic E-state index is -0.462. The number of anilines is 1. The van der Waals surface area contributed by atoms with Crippen LogP contribution in [0.3, 0.4) is 0 Å². The first-order valence-corrected chi connectivity index (χ1v) is 6.65. The molecule has 19 heavy (non-hydrogen) atoms. The zero-order valence-corrected chi connectivity index (χ0v) is 11.7. The van der Waals surface area contributed by atoms with E-state index in [4.69, 9.17) is 11.6 Å². The molecule has 0 amide bonds. The molecule has 0 bridgehead atoms. The summed E-state index contributed by atoms with van der Waals surface area (Å²) in [5.41, 5.74) is -0.0736. The second-order valence-electron chi connectivity index (χ2n) is 5.00. The standard InChI is InChI=1S/C12H17ClN4O2/c1-8(2)16-4-3-10(7-16)15-12-11(17(18)19)5-9(13)6-14-12/h5-6,8,10H,3-4,7H2,1-2H3,(H,14,15)/t10-/m1/s1. The molecule has 2 heterocycles. The van der Waals surface area contributed by atoms with Gasteiger partial charge in [-0.15, -0.1) is 0 Å². The van der Waals surface area contributed by atoms with Crippen LogP contribution in [0.25, 0.3) is 0 Å². The summed E-state index contributed by atoms with van der Waals surface area (Å²) in [7, 11) is 0. The maximum Gasteiger partial charge on any atom is 0.312 e. The zero-order valence-electron chi connectivity index (χ0n) is 11.0. The largest absolute Gasteiger partial charge is 0.360 e. The molecule has 0 spiro atoms. The van der Waals surface area contributed by atoms with Gasteiger partial charge < -0.3 is 5.32 Å². The van der Waals surface area contributed by atoms with Crippen LogP contribution in [0, 0.1) is 10.1 Å². The smallest absolute Gasteiger partial charge is 0.312 e. The SMILES string of the molecule is CC(C)N1CC[C@@H](Nc2ncc(Cl)cc2[N+](=O)[O-])C1. The first kappa shape index (κ1) is 14.0. The lowest BCUT2D eigenvalue weighted by atomic mass is 10.2. The van der Waals surface area contributed by atoms with Gasteiger partial charge in [-0.2, -0.15) is 0 Å². The molecule has 0 saturated carbocycles. The third kappa shape index (κ3) is 3.33. The Morgan fingerprint density at radius 1 is 1.63 bits per heavy atom. The fourth-order valence-electron chi connectivity index (χ4n) is 2.25. The highest BCUT2D eigenvalue weighted by Crippen LogP contribution is 2.27. The molecular weight excluding hydrogens is 268 g/mol.